The number of nitrogens with zero attached hydrogens (tertiary/aromatic N) is 4. The molecule has 1 atom stereocenters. The van der Waals surface area contributed by atoms with Crippen molar-refractivity contribution >= 4 is 28.3 Å². The number of Topliss-reactive ketones (excluding diaryl/α,β-unsaturated/α-hetero) is 1. The molecule has 0 aliphatic heterocycles. The fourth-order valence-electron chi connectivity index (χ4n) is 3.33. The minimum Gasteiger partial charge on any atom is -0.497 e. The quantitative estimate of drug-likeness (QED) is 0.505. The van der Waals surface area contributed by atoms with Crippen LogP contribution in [0.5, 0.6) is 5.75 Å². The molecule has 0 spiro atoms. The predicted octanol–water partition coefficient (Wildman–Crippen LogP) is 3.15. The van der Waals surface area contributed by atoms with Crippen LogP contribution in [0.15, 0.2) is 18.2 Å². The predicted molar refractivity (Wildman–Crippen MR) is 112 cm³/mol. The summed E-state index contributed by atoms with van der Waals surface area (Å²) in [4.78, 5) is 16.6. The first kappa shape index (κ1) is 21.0. The second-order valence-corrected chi connectivity index (χ2v) is 7.61. The number of methoxy groups -OCH3 is 1. The number of aryl methyl sites for hydroxylation is 1. The van der Waals surface area contributed by atoms with Crippen LogP contribution in [-0.2, 0) is 4.79 Å². The lowest BCUT2D eigenvalue weighted by Gasteiger charge is -2.13. The second-order valence-electron chi connectivity index (χ2n) is 7.61. The monoisotopic (exact) mass is 399 g/mol. The third kappa shape index (κ3) is 4.64. The minimum absolute atomic E-state index is 0.0317. The summed E-state index contributed by atoms with van der Waals surface area (Å²) in [6.45, 7) is 6.33. The maximum Gasteiger partial charge on any atom is 0.204 e. The summed E-state index contributed by atoms with van der Waals surface area (Å²) in [6.07, 6.45) is 2.12. The van der Waals surface area contributed by atoms with E-state index in [1.54, 1.807) is 7.11 Å². The molecule has 8 heteroatoms. The number of fused-ring (bicyclic) bond motifs is 3. The van der Waals surface area contributed by atoms with Crippen LogP contribution >= 0.6 is 0 Å². The number of anilines is 1. The molecule has 0 radical (unpaired) electrons. The van der Waals surface area contributed by atoms with Crippen LogP contribution < -0.4 is 10.1 Å². The van der Waals surface area contributed by atoms with Crippen LogP contribution in [0.3, 0.4) is 0 Å². The largest absolute Gasteiger partial charge is 0.497 e. The Kier molecular flexibility index (Phi) is 6.64. The van der Waals surface area contributed by atoms with Crippen molar-refractivity contribution in [2.24, 2.45) is 5.92 Å². The zero-order chi connectivity index (χ0) is 21.0. The Balaban J connectivity index is 1.63. The average Bonchev–Trinajstić information content (AvgIpc) is 3.11. The maximum absolute atomic E-state index is 11.9. The molecule has 2 N–H and O–H groups in total. The molecule has 2 heterocycles. The average molecular weight is 399 g/mol. The number of aliphatic hydroxyl groups excluding tert-OH is 1. The number of nitrogens with one attached hydrogen (secondary N) is 1. The van der Waals surface area contributed by atoms with E-state index in [1.165, 1.54) is 0 Å². The Hall–Kier alpha value is -2.74. The lowest BCUT2D eigenvalue weighted by atomic mass is 9.99. The van der Waals surface area contributed by atoms with E-state index in [1.807, 2.05) is 43.4 Å². The highest BCUT2D eigenvalue weighted by molar-refractivity contribution is 5.84. The van der Waals surface area contributed by atoms with Crippen molar-refractivity contribution in [1.29, 1.82) is 0 Å². The SMILES string of the molecule is COc1ccc2c(c1)nc(NCCCCCC(=O)[C@@H](O)C(C)C)c1nnc(C)n12. The molecule has 0 unspecified atom stereocenters. The molecule has 2 aromatic heterocycles. The molecule has 8 nitrogen and oxygen atoms in total. The van der Waals surface area contributed by atoms with Gasteiger partial charge in [-0.15, -0.1) is 10.2 Å². The van der Waals surface area contributed by atoms with Crippen LogP contribution in [0.1, 0.15) is 45.4 Å². The zero-order valence-corrected chi connectivity index (χ0v) is 17.5. The standard InChI is InChI=1S/C21H29N5O3/c1-13(2)19(28)18(27)8-6-5-7-11-22-20-21-25-24-14(3)26(21)17-10-9-15(29-4)12-16(17)23-20/h9-10,12-13,19,28H,5-8,11H2,1-4H3,(H,22,23)/t19-/m0/s1. The van der Waals surface area contributed by atoms with Crippen molar-refractivity contribution in [3.8, 4) is 5.75 Å². The highest BCUT2D eigenvalue weighted by Gasteiger charge is 2.18. The van der Waals surface area contributed by atoms with Gasteiger partial charge < -0.3 is 15.2 Å². The van der Waals surface area contributed by atoms with Crippen molar-refractivity contribution in [3.63, 3.8) is 0 Å². The summed E-state index contributed by atoms with van der Waals surface area (Å²) in [5.74, 6) is 2.12. The molecule has 1 aromatic carbocycles. The Bertz CT molecular complexity index is 999. The van der Waals surface area contributed by atoms with E-state index in [9.17, 15) is 9.90 Å². The summed E-state index contributed by atoms with van der Waals surface area (Å²) in [6, 6.07) is 5.75. The Labute approximate surface area is 170 Å². The molecular formula is C21H29N5O3. The van der Waals surface area contributed by atoms with E-state index in [0.29, 0.717) is 24.4 Å². The van der Waals surface area contributed by atoms with Crippen molar-refractivity contribution in [1.82, 2.24) is 19.6 Å². The fourth-order valence-corrected chi connectivity index (χ4v) is 3.33. The van der Waals surface area contributed by atoms with Gasteiger partial charge in [-0.2, -0.15) is 0 Å². The van der Waals surface area contributed by atoms with Gasteiger partial charge in [-0.3, -0.25) is 9.20 Å². The van der Waals surface area contributed by atoms with Gasteiger partial charge in [-0.25, -0.2) is 4.98 Å². The van der Waals surface area contributed by atoms with E-state index >= 15 is 0 Å². The van der Waals surface area contributed by atoms with Gasteiger partial charge in [-0.1, -0.05) is 20.3 Å². The summed E-state index contributed by atoms with van der Waals surface area (Å²) in [7, 11) is 1.63. The third-order valence-electron chi connectivity index (χ3n) is 5.05. The van der Waals surface area contributed by atoms with Gasteiger partial charge in [-0.05, 0) is 37.8 Å². The number of carbonyl (C=O) groups excluding carboxylic acids is 1. The number of hydrogen-bond donors (Lipinski definition) is 2. The molecule has 0 bridgehead atoms. The van der Waals surface area contributed by atoms with Gasteiger partial charge in [0.25, 0.3) is 0 Å². The van der Waals surface area contributed by atoms with Gasteiger partial charge in [0.1, 0.15) is 17.7 Å². The van der Waals surface area contributed by atoms with Gasteiger partial charge in [0, 0.05) is 19.0 Å². The normalized spacial score (nSPS) is 12.6. The number of aliphatic hydroxyl groups is 1. The van der Waals surface area contributed by atoms with Crippen LogP contribution in [-0.4, -0.2) is 50.2 Å². The number of benzene rings is 1. The molecule has 0 aliphatic carbocycles. The van der Waals surface area contributed by atoms with Crippen LogP contribution in [0.4, 0.5) is 5.82 Å². The number of ketones is 1. The lowest BCUT2D eigenvalue weighted by Crippen LogP contribution is -2.25. The summed E-state index contributed by atoms with van der Waals surface area (Å²) < 4.78 is 7.30. The number of rotatable bonds is 10. The van der Waals surface area contributed by atoms with Crippen molar-refractivity contribution in [2.45, 2.75) is 52.6 Å². The fraction of sp³-hybridized carbons (Fsp3) is 0.524. The van der Waals surface area contributed by atoms with Crippen molar-refractivity contribution in [3.05, 3.63) is 24.0 Å². The topological polar surface area (TPSA) is 102 Å². The first-order valence-corrected chi connectivity index (χ1v) is 10.1. The molecule has 3 aromatic rings. The molecule has 0 saturated heterocycles. The molecule has 3 rings (SSSR count). The van der Waals surface area contributed by atoms with Crippen LogP contribution in [0.2, 0.25) is 0 Å². The van der Waals surface area contributed by atoms with Gasteiger partial charge in [0.15, 0.2) is 11.6 Å². The smallest absolute Gasteiger partial charge is 0.204 e. The van der Waals surface area contributed by atoms with E-state index in [4.69, 9.17) is 9.72 Å². The van der Waals surface area contributed by atoms with Crippen molar-refractivity contribution < 1.29 is 14.6 Å². The van der Waals surface area contributed by atoms with Gasteiger partial charge >= 0.3 is 0 Å². The molecular weight excluding hydrogens is 370 g/mol. The number of unbranched alkanes of at least 4 members (excludes halogenated alkanes) is 2. The number of carbonyl (C=O) groups is 1. The maximum atomic E-state index is 11.9. The highest BCUT2D eigenvalue weighted by Crippen LogP contribution is 2.25. The lowest BCUT2D eigenvalue weighted by molar-refractivity contribution is -0.129. The molecule has 0 amide bonds. The van der Waals surface area contributed by atoms with E-state index < -0.39 is 6.10 Å². The van der Waals surface area contributed by atoms with E-state index in [0.717, 1.165) is 41.9 Å². The van der Waals surface area contributed by atoms with Crippen LogP contribution in [0, 0.1) is 12.8 Å². The Morgan fingerprint density at radius 1 is 1.24 bits per heavy atom. The third-order valence-corrected chi connectivity index (χ3v) is 5.05. The number of aromatic nitrogens is 4. The summed E-state index contributed by atoms with van der Waals surface area (Å²) in [5, 5.41) is 21.6. The van der Waals surface area contributed by atoms with E-state index in [-0.39, 0.29) is 11.7 Å². The Morgan fingerprint density at radius 2 is 2.03 bits per heavy atom. The first-order valence-electron chi connectivity index (χ1n) is 10.1. The Morgan fingerprint density at radius 3 is 2.76 bits per heavy atom. The molecule has 156 valence electrons. The summed E-state index contributed by atoms with van der Waals surface area (Å²) in [5.41, 5.74) is 2.42. The molecule has 0 saturated carbocycles. The molecule has 0 aliphatic rings. The summed E-state index contributed by atoms with van der Waals surface area (Å²) >= 11 is 0. The van der Waals surface area contributed by atoms with Crippen molar-refractivity contribution in [2.75, 3.05) is 19.0 Å². The number of hydrogen-bond acceptors (Lipinski definition) is 7. The van der Waals surface area contributed by atoms with E-state index in [2.05, 4.69) is 15.5 Å². The molecule has 29 heavy (non-hydrogen) atoms. The number of ether oxygens (including phenoxy) is 1. The molecule has 0 fully saturated rings. The highest BCUT2D eigenvalue weighted by atomic mass is 16.5. The second kappa shape index (κ2) is 9.17. The van der Waals surface area contributed by atoms with Gasteiger partial charge in [0.05, 0.1) is 18.1 Å². The minimum atomic E-state index is -0.851. The zero-order valence-electron chi connectivity index (χ0n) is 17.5. The first-order chi connectivity index (χ1) is 13.9. The van der Waals surface area contributed by atoms with Crippen LogP contribution in [0.25, 0.3) is 16.7 Å². The van der Waals surface area contributed by atoms with Gasteiger partial charge in [0.2, 0.25) is 5.65 Å².